The Balaban J connectivity index is 1.82. The molecule has 0 aliphatic carbocycles. The lowest BCUT2D eigenvalue weighted by atomic mass is 10.2. The van der Waals surface area contributed by atoms with Gasteiger partial charge in [0.1, 0.15) is 5.60 Å². The van der Waals surface area contributed by atoms with E-state index in [9.17, 15) is 9.59 Å². The Morgan fingerprint density at radius 1 is 1.42 bits per heavy atom. The smallest absolute Gasteiger partial charge is 0.410 e. The van der Waals surface area contributed by atoms with E-state index < -0.39 is 5.60 Å². The minimum absolute atomic E-state index is 0.0816. The summed E-state index contributed by atoms with van der Waals surface area (Å²) in [5.74, 6) is -0.0816. The summed E-state index contributed by atoms with van der Waals surface area (Å²) in [4.78, 5) is 32.3. The number of hydrogen-bond donors (Lipinski definition) is 1. The Kier molecular flexibility index (Phi) is 5.82. The maximum absolute atomic E-state index is 12.1. The standard InChI is InChI=1S/C16H26N4O3S/c1-11-10-24-14(17-11)18-13(21)9-19-6-7-20(8-12(19)2)15(22)23-16(3,4)5/h10,12H,6-9H2,1-5H3,(H,17,18,21). The van der Waals surface area contributed by atoms with Crippen molar-refractivity contribution >= 4 is 28.5 Å². The Labute approximate surface area is 147 Å². The van der Waals surface area contributed by atoms with E-state index >= 15 is 0 Å². The van der Waals surface area contributed by atoms with Crippen LogP contribution >= 0.6 is 11.3 Å². The molecule has 24 heavy (non-hydrogen) atoms. The lowest BCUT2D eigenvalue weighted by molar-refractivity contribution is -0.118. The van der Waals surface area contributed by atoms with Crippen LogP contribution in [0.3, 0.4) is 0 Å². The van der Waals surface area contributed by atoms with Crippen molar-refractivity contribution < 1.29 is 14.3 Å². The quantitative estimate of drug-likeness (QED) is 0.902. The third-order valence-electron chi connectivity index (χ3n) is 3.63. The van der Waals surface area contributed by atoms with Crippen LogP contribution in [0.25, 0.3) is 0 Å². The van der Waals surface area contributed by atoms with Crippen LogP contribution < -0.4 is 5.32 Å². The molecule has 1 aliphatic heterocycles. The molecule has 134 valence electrons. The van der Waals surface area contributed by atoms with Crippen molar-refractivity contribution in [3.63, 3.8) is 0 Å². The summed E-state index contributed by atoms with van der Waals surface area (Å²) in [5, 5.41) is 5.34. The van der Waals surface area contributed by atoms with Gasteiger partial charge in [0, 0.05) is 31.1 Å². The molecule has 0 bridgehead atoms. The maximum atomic E-state index is 12.1. The van der Waals surface area contributed by atoms with E-state index in [1.54, 1.807) is 4.90 Å². The van der Waals surface area contributed by atoms with Crippen molar-refractivity contribution in [3.8, 4) is 0 Å². The first kappa shape index (κ1) is 18.7. The van der Waals surface area contributed by atoms with E-state index in [4.69, 9.17) is 4.74 Å². The van der Waals surface area contributed by atoms with Gasteiger partial charge in [0.15, 0.2) is 5.13 Å². The van der Waals surface area contributed by atoms with Gasteiger partial charge in [-0.05, 0) is 34.6 Å². The summed E-state index contributed by atoms with van der Waals surface area (Å²) in [6, 6.07) is 0.0926. The predicted molar refractivity (Wildman–Crippen MR) is 94.3 cm³/mol. The molecule has 1 unspecified atom stereocenters. The second-order valence-electron chi connectivity index (χ2n) is 7.09. The number of ether oxygens (including phenoxy) is 1. The van der Waals surface area contributed by atoms with E-state index in [2.05, 4.69) is 15.2 Å². The number of nitrogens with zero attached hydrogens (tertiary/aromatic N) is 3. The zero-order valence-corrected chi connectivity index (χ0v) is 15.8. The summed E-state index contributed by atoms with van der Waals surface area (Å²) in [6.45, 7) is 11.5. The van der Waals surface area contributed by atoms with Crippen LogP contribution in [0.5, 0.6) is 0 Å². The molecule has 2 amide bonds. The minimum atomic E-state index is -0.497. The lowest BCUT2D eigenvalue weighted by Gasteiger charge is -2.39. The van der Waals surface area contributed by atoms with Crippen molar-refractivity contribution in [2.45, 2.75) is 46.3 Å². The molecule has 1 fully saturated rings. The Morgan fingerprint density at radius 2 is 2.12 bits per heavy atom. The number of amides is 2. The second-order valence-corrected chi connectivity index (χ2v) is 7.95. The van der Waals surface area contributed by atoms with Crippen LogP contribution in [-0.2, 0) is 9.53 Å². The number of piperazine rings is 1. The van der Waals surface area contributed by atoms with Crippen molar-refractivity contribution in [1.82, 2.24) is 14.8 Å². The average Bonchev–Trinajstić information content (AvgIpc) is 2.84. The lowest BCUT2D eigenvalue weighted by Crippen LogP contribution is -2.55. The van der Waals surface area contributed by atoms with E-state index in [-0.39, 0.29) is 18.0 Å². The second kappa shape index (κ2) is 7.48. The molecule has 8 heteroatoms. The van der Waals surface area contributed by atoms with Gasteiger partial charge in [-0.1, -0.05) is 0 Å². The summed E-state index contributed by atoms with van der Waals surface area (Å²) in [7, 11) is 0. The van der Waals surface area contributed by atoms with E-state index in [1.807, 2.05) is 40.0 Å². The van der Waals surface area contributed by atoms with Gasteiger partial charge >= 0.3 is 6.09 Å². The molecule has 1 N–H and O–H groups in total. The normalized spacial score (nSPS) is 19.2. The van der Waals surface area contributed by atoms with Crippen molar-refractivity contribution in [3.05, 3.63) is 11.1 Å². The fourth-order valence-electron chi connectivity index (χ4n) is 2.48. The highest BCUT2D eigenvalue weighted by molar-refractivity contribution is 7.13. The zero-order valence-electron chi connectivity index (χ0n) is 15.0. The van der Waals surface area contributed by atoms with Crippen LogP contribution in [0.4, 0.5) is 9.93 Å². The number of anilines is 1. The van der Waals surface area contributed by atoms with Gasteiger partial charge in [-0.2, -0.15) is 0 Å². The van der Waals surface area contributed by atoms with Crippen LogP contribution in [0.1, 0.15) is 33.4 Å². The van der Waals surface area contributed by atoms with Crippen LogP contribution in [0.2, 0.25) is 0 Å². The molecule has 1 saturated heterocycles. The van der Waals surface area contributed by atoms with E-state index in [0.29, 0.717) is 31.3 Å². The van der Waals surface area contributed by atoms with Gasteiger partial charge < -0.3 is 15.0 Å². The van der Waals surface area contributed by atoms with Crippen molar-refractivity contribution in [2.75, 3.05) is 31.5 Å². The number of carbonyl (C=O) groups excluding carboxylic acids is 2. The molecule has 1 aromatic rings. The van der Waals surface area contributed by atoms with Crippen LogP contribution in [0, 0.1) is 6.92 Å². The molecule has 0 spiro atoms. The van der Waals surface area contributed by atoms with E-state index in [1.165, 1.54) is 11.3 Å². The molecule has 0 radical (unpaired) electrons. The van der Waals surface area contributed by atoms with Gasteiger partial charge in [-0.25, -0.2) is 9.78 Å². The monoisotopic (exact) mass is 354 g/mol. The van der Waals surface area contributed by atoms with Gasteiger partial charge in [0.25, 0.3) is 0 Å². The molecule has 1 atom stereocenters. The van der Waals surface area contributed by atoms with Crippen LogP contribution in [-0.4, -0.2) is 64.6 Å². The molecule has 2 heterocycles. The topological polar surface area (TPSA) is 74.8 Å². The Bertz CT molecular complexity index is 596. The average molecular weight is 354 g/mol. The molecular weight excluding hydrogens is 328 g/mol. The van der Waals surface area contributed by atoms with Crippen molar-refractivity contribution in [1.29, 1.82) is 0 Å². The fraction of sp³-hybridized carbons (Fsp3) is 0.688. The Morgan fingerprint density at radius 3 is 2.67 bits per heavy atom. The number of nitrogens with one attached hydrogen (secondary N) is 1. The first-order chi connectivity index (χ1) is 11.1. The highest BCUT2D eigenvalue weighted by atomic mass is 32.1. The number of thiazole rings is 1. The highest BCUT2D eigenvalue weighted by Gasteiger charge is 2.30. The molecule has 1 aromatic heterocycles. The van der Waals surface area contributed by atoms with Gasteiger partial charge in [-0.3, -0.25) is 9.69 Å². The third kappa shape index (κ3) is 5.45. The number of carbonyl (C=O) groups is 2. The minimum Gasteiger partial charge on any atom is -0.444 e. The first-order valence-corrected chi connectivity index (χ1v) is 8.96. The number of rotatable bonds is 3. The molecule has 2 rings (SSSR count). The summed E-state index contributed by atoms with van der Waals surface area (Å²) in [5.41, 5.74) is 0.401. The number of aryl methyl sites for hydroxylation is 1. The van der Waals surface area contributed by atoms with Gasteiger partial charge in [0.05, 0.1) is 12.2 Å². The van der Waals surface area contributed by atoms with Crippen molar-refractivity contribution in [2.24, 2.45) is 0 Å². The zero-order chi connectivity index (χ0) is 17.9. The number of aromatic nitrogens is 1. The molecule has 0 aromatic carbocycles. The SMILES string of the molecule is Cc1csc(NC(=O)CN2CCN(C(=O)OC(C)(C)C)CC2C)n1. The highest BCUT2D eigenvalue weighted by Crippen LogP contribution is 2.16. The number of hydrogen-bond acceptors (Lipinski definition) is 6. The molecule has 1 aliphatic rings. The predicted octanol–water partition coefficient (Wildman–Crippen LogP) is 2.33. The molecular formula is C16H26N4O3S. The third-order valence-corrected chi connectivity index (χ3v) is 4.50. The fourth-order valence-corrected chi connectivity index (χ4v) is 3.18. The van der Waals surface area contributed by atoms with E-state index in [0.717, 1.165) is 5.69 Å². The molecule has 7 nitrogen and oxygen atoms in total. The largest absolute Gasteiger partial charge is 0.444 e. The van der Waals surface area contributed by atoms with Crippen LogP contribution in [0.15, 0.2) is 5.38 Å². The first-order valence-electron chi connectivity index (χ1n) is 8.08. The van der Waals surface area contributed by atoms with Gasteiger partial charge in [-0.15, -0.1) is 11.3 Å². The Hall–Kier alpha value is -1.67. The summed E-state index contributed by atoms with van der Waals surface area (Å²) >= 11 is 1.42. The molecule has 0 saturated carbocycles. The maximum Gasteiger partial charge on any atom is 0.410 e. The van der Waals surface area contributed by atoms with Gasteiger partial charge in [0.2, 0.25) is 5.91 Å². The summed E-state index contributed by atoms with van der Waals surface area (Å²) in [6.07, 6.45) is -0.295. The summed E-state index contributed by atoms with van der Waals surface area (Å²) < 4.78 is 5.41.